The van der Waals surface area contributed by atoms with Gasteiger partial charge in [0.05, 0.1) is 17.5 Å². The maximum atomic E-state index is 13.2. The molecule has 9 heteroatoms. The summed E-state index contributed by atoms with van der Waals surface area (Å²) in [7, 11) is 0. The van der Waals surface area contributed by atoms with Crippen molar-refractivity contribution < 1.29 is 18.0 Å². The molecule has 1 atom stereocenters. The third-order valence-electron chi connectivity index (χ3n) is 4.53. The van der Waals surface area contributed by atoms with Gasteiger partial charge in [-0.15, -0.1) is 11.8 Å². The van der Waals surface area contributed by atoms with Crippen molar-refractivity contribution in [3.8, 4) is 0 Å². The molecule has 0 bridgehead atoms. The minimum absolute atomic E-state index is 0.0658. The summed E-state index contributed by atoms with van der Waals surface area (Å²) >= 11 is 2.59. The number of benzene rings is 2. The third kappa shape index (κ3) is 4.46. The third-order valence-corrected chi connectivity index (χ3v) is 6.52. The van der Waals surface area contributed by atoms with Crippen LogP contribution in [0.1, 0.15) is 17.3 Å². The molecule has 0 saturated carbocycles. The lowest BCUT2D eigenvalue weighted by Gasteiger charge is -2.37. The Morgan fingerprint density at radius 1 is 1.10 bits per heavy atom. The van der Waals surface area contributed by atoms with Gasteiger partial charge >= 0.3 is 6.18 Å². The molecule has 0 radical (unpaired) electrons. The summed E-state index contributed by atoms with van der Waals surface area (Å²) in [5, 5.41) is -0.0749. The highest BCUT2D eigenvalue weighted by molar-refractivity contribution is 8.00. The molecule has 2 aromatic carbocycles. The second kappa shape index (κ2) is 8.69. The van der Waals surface area contributed by atoms with Crippen molar-refractivity contribution in [2.75, 3.05) is 16.4 Å². The number of anilines is 1. The van der Waals surface area contributed by atoms with E-state index in [0.29, 0.717) is 5.75 Å². The molecular formula is C21H16F3N3OS2. The van der Waals surface area contributed by atoms with Crippen LogP contribution >= 0.6 is 23.5 Å². The predicted molar refractivity (Wildman–Crippen MR) is 112 cm³/mol. The van der Waals surface area contributed by atoms with Crippen LogP contribution in [0, 0.1) is 0 Å². The lowest BCUT2D eigenvalue weighted by atomic mass is 10.1. The quantitative estimate of drug-likeness (QED) is 0.392. The molecule has 2 heterocycles. The highest BCUT2D eigenvalue weighted by Gasteiger charge is 2.34. The Balaban J connectivity index is 1.59. The summed E-state index contributed by atoms with van der Waals surface area (Å²) < 4.78 is 38.7. The smallest absolute Gasteiger partial charge is 0.302 e. The first-order chi connectivity index (χ1) is 14.4. The summed E-state index contributed by atoms with van der Waals surface area (Å²) in [4.78, 5) is 23.4. The van der Waals surface area contributed by atoms with Gasteiger partial charge < -0.3 is 4.90 Å². The number of halogens is 3. The maximum absolute atomic E-state index is 13.2. The van der Waals surface area contributed by atoms with Gasteiger partial charge in [-0.25, -0.2) is 9.97 Å². The van der Waals surface area contributed by atoms with Gasteiger partial charge in [-0.3, -0.25) is 4.79 Å². The number of fused-ring (bicyclic) bond motifs is 1. The number of nitrogens with zero attached hydrogens (tertiary/aromatic N) is 3. The van der Waals surface area contributed by atoms with Crippen molar-refractivity contribution in [2.45, 2.75) is 22.3 Å². The fourth-order valence-electron chi connectivity index (χ4n) is 3.18. The summed E-state index contributed by atoms with van der Waals surface area (Å²) in [6.45, 7) is 0. The van der Waals surface area contributed by atoms with Gasteiger partial charge in [0, 0.05) is 16.8 Å². The van der Waals surface area contributed by atoms with E-state index in [1.807, 2.05) is 54.6 Å². The van der Waals surface area contributed by atoms with Crippen LogP contribution in [0.4, 0.5) is 18.9 Å². The van der Waals surface area contributed by atoms with Gasteiger partial charge in [0.15, 0.2) is 5.16 Å². The Bertz CT molecular complexity index is 1050. The zero-order valence-electron chi connectivity index (χ0n) is 15.5. The van der Waals surface area contributed by atoms with E-state index in [1.165, 1.54) is 0 Å². The number of carbonyl (C=O) groups excluding carboxylic acids is 1. The summed E-state index contributed by atoms with van der Waals surface area (Å²) in [6.07, 6.45) is -3.49. The zero-order chi connectivity index (χ0) is 21.1. The molecule has 4 rings (SSSR count). The SMILES string of the molecule is O=C(CSc1nccc(C(F)(F)F)n1)N1c2ccccc2SCC1c1ccccc1. The maximum Gasteiger partial charge on any atom is 0.433 e. The normalized spacial score (nSPS) is 16.2. The van der Waals surface area contributed by atoms with Crippen LogP contribution in [0.3, 0.4) is 0 Å². The number of alkyl halides is 3. The molecule has 1 aliphatic rings. The highest BCUT2D eigenvalue weighted by Crippen LogP contribution is 2.43. The Kier molecular flexibility index (Phi) is 6.01. The lowest BCUT2D eigenvalue weighted by molar-refractivity contribution is -0.141. The molecule has 4 nitrogen and oxygen atoms in total. The lowest BCUT2D eigenvalue weighted by Crippen LogP contribution is -2.39. The number of hydrogen-bond donors (Lipinski definition) is 0. The summed E-state index contributed by atoms with van der Waals surface area (Å²) in [6, 6.07) is 18.0. The van der Waals surface area contributed by atoms with Crippen molar-refractivity contribution in [1.29, 1.82) is 0 Å². The van der Waals surface area contributed by atoms with E-state index >= 15 is 0 Å². The first kappa shape index (κ1) is 20.7. The van der Waals surface area contributed by atoms with Crippen LogP contribution in [0.15, 0.2) is 76.9 Å². The van der Waals surface area contributed by atoms with Crippen molar-refractivity contribution >= 4 is 35.1 Å². The molecule has 1 aliphatic heterocycles. The first-order valence-electron chi connectivity index (χ1n) is 9.05. The van der Waals surface area contributed by atoms with Crippen LogP contribution < -0.4 is 4.90 Å². The van der Waals surface area contributed by atoms with Crippen molar-refractivity contribution in [3.05, 3.63) is 78.1 Å². The molecule has 3 aromatic rings. The molecule has 30 heavy (non-hydrogen) atoms. The molecule has 0 aliphatic carbocycles. The van der Waals surface area contributed by atoms with Crippen LogP contribution in [0.2, 0.25) is 0 Å². The Morgan fingerprint density at radius 3 is 2.60 bits per heavy atom. The van der Waals surface area contributed by atoms with Crippen LogP contribution in [-0.2, 0) is 11.0 Å². The zero-order valence-corrected chi connectivity index (χ0v) is 17.2. The van der Waals surface area contributed by atoms with E-state index in [2.05, 4.69) is 9.97 Å². The van der Waals surface area contributed by atoms with Crippen LogP contribution in [-0.4, -0.2) is 27.4 Å². The standard InChI is InChI=1S/C21H16F3N3OS2/c22-21(23,24)18-10-11-25-20(26-18)30-13-19(28)27-15-8-4-5-9-17(15)29-12-16(27)14-6-2-1-3-7-14/h1-11,16H,12-13H2. The summed E-state index contributed by atoms with van der Waals surface area (Å²) in [5.41, 5.74) is 0.792. The number of thioether (sulfide) groups is 2. The second-order valence-electron chi connectivity index (χ2n) is 6.48. The fourth-order valence-corrected chi connectivity index (χ4v) is 5.04. The number of amides is 1. The van der Waals surface area contributed by atoms with Crippen molar-refractivity contribution in [2.24, 2.45) is 0 Å². The first-order valence-corrected chi connectivity index (χ1v) is 11.0. The molecule has 0 spiro atoms. The number of para-hydroxylation sites is 1. The van der Waals surface area contributed by atoms with E-state index in [9.17, 15) is 18.0 Å². The predicted octanol–water partition coefficient (Wildman–Crippen LogP) is 5.47. The number of hydrogen-bond acceptors (Lipinski definition) is 5. The van der Waals surface area contributed by atoms with Crippen LogP contribution in [0.5, 0.6) is 0 Å². The molecule has 0 saturated heterocycles. The van der Waals surface area contributed by atoms with Crippen molar-refractivity contribution in [3.63, 3.8) is 0 Å². The second-order valence-corrected chi connectivity index (χ2v) is 8.48. The van der Waals surface area contributed by atoms with Gasteiger partial charge in [-0.05, 0) is 23.8 Å². The topological polar surface area (TPSA) is 46.1 Å². The minimum Gasteiger partial charge on any atom is -0.302 e. The Labute approximate surface area is 179 Å². The molecule has 1 aromatic heterocycles. The molecule has 0 fully saturated rings. The van der Waals surface area contributed by atoms with E-state index in [-0.39, 0.29) is 22.9 Å². The van der Waals surface area contributed by atoms with Gasteiger partial charge in [0.1, 0.15) is 5.69 Å². The fraction of sp³-hybridized carbons (Fsp3) is 0.190. The van der Waals surface area contributed by atoms with Crippen LogP contribution in [0.25, 0.3) is 0 Å². The monoisotopic (exact) mass is 447 g/mol. The molecule has 1 unspecified atom stereocenters. The molecular weight excluding hydrogens is 431 g/mol. The highest BCUT2D eigenvalue weighted by atomic mass is 32.2. The number of carbonyl (C=O) groups is 1. The van der Waals surface area contributed by atoms with E-state index in [4.69, 9.17) is 0 Å². The van der Waals surface area contributed by atoms with Gasteiger partial charge in [0.2, 0.25) is 5.91 Å². The average Bonchev–Trinajstić information content (AvgIpc) is 2.77. The minimum atomic E-state index is -4.55. The van der Waals surface area contributed by atoms with E-state index in [1.54, 1.807) is 16.7 Å². The van der Waals surface area contributed by atoms with Crippen molar-refractivity contribution in [1.82, 2.24) is 9.97 Å². The van der Waals surface area contributed by atoms with E-state index in [0.717, 1.165) is 40.2 Å². The van der Waals surface area contributed by atoms with Gasteiger partial charge in [-0.1, -0.05) is 54.2 Å². The van der Waals surface area contributed by atoms with Gasteiger partial charge in [-0.2, -0.15) is 13.2 Å². The largest absolute Gasteiger partial charge is 0.433 e. The molecule has 0 N–H and O–H groups in total. The number of aromatic nitrogens is 2. The molecule has 1 amide bonds. The summed E-state index contributed by atoms with van der Waals surface area (Å²) in [5.74, 6) is 0.420. The Morgan fingerprint density at radius 2 is 1.83 bits per heavy atom. The van der Waals surface area contributed by atoms with E-state index < -0.39 is 11.9 Å². The average molecular weight is 448 g/mol. The molecule has 154 valence electrons. The van der Waals surface area contributed by atoms with Gasteiger partial charge in [0.25, 0.3) is 0 Å². The Hall–Kier alpha value is -2.52. The number of rotatable bonds is 4.